The molecule has 0 saturated heterocycles. The van der Waals surface area contributed by atoms with Gasteiger partial charge in [-0.2, -0.15) is 0 Å². The van der Waals surface area contributed by atoms with Crippen LogP contribution in [0.5, 0.6) is 17.2 Å². The number of phenols is 1. The van der Waals surface area contributed by atoms with Crippen LogP contribution in [0, 0.1) is 6.92 Å². The molecule has 24 heavy (non-hydrogen) atoms. The molecule has 0 heterocycles. The summed E-state index contributed by atoms with van der Waals surface area (Å²) in [5.41, 5.74) is 1.83. The van der Waals surface area contributed by atoms with E-state index in [9.17, 15) is 9.90 Å². The second-order valence-corrected chi connectivity index (χ2v) is 5.10. The van der Waals surface area contributed by atoms with Crippen molar-refractivity contribution in [3.63, 3.8) is 0 Å². The van der Waals surface area contributed by atoms with Gasteiger partial charge < -0.3 is 19.3 Å². The first-order valence-corrected chi connectivity index (χ1v) is 7.50. The van der Waals surface area contributed by atoms with E-state index in [0.717, 1.165) is 16.9 Å². The molecule has 2 rings (SSSR count). The summed E-state index contributed by atoms with van der Waals surface area (Å²) < 4.78 is 15.6. The van der Waals surface area contributed by atoms with Gasteiger partial charge in [0.2, 0.25) is 0 Å². The monoisotopic (exact) mass is 328 g/mol. The number of hydrogen-bond donors (Lipinski definition) is 1. The first-order valence-electron chi connectivity index (χ1n) is 7.50. The van der Waals surface area contributed by atoms with E-state index in [1.807, 2.05) is 31.2 Å². The van der Waals surface area contributed by atoms with E-state index in [-0.39, 0.29) is 19.0 Å². The van der Waals surface area contributed by atoms with Gasteiger partial charge in [-0.1, -0.05) is 18.2 Å². The van der Waals surface area contributed by atoms with Crippen LogP contribution in [0.4, 0.5) is 0 Å². The van der Waals surface area contributed by atoms with Crippen LogP contribution >= 0.6 is 0 Å². The summed E-state index contributed by atoms with van der Waals surface area (Å²) in [6.45, 7) is 2.43. The maximum atomic E-state index is 11.7. The van der Waals surface area contributed by atoms with Crippen LogP contribution in [0.15, 0.2) is 48.5 Å². The van der Waals surface area contributed by atoms with Crippen LogP contribution in [0.2, 0.25) is 0 Å². The fourth-order valence-electron chi connectivity index (χ4n) is 2.02. The van der Waals surface area contributed by atoms with Crippen molar-refractivity contribution < 1.29 is 24.1 Å². The Morgan fingerprint density at radius 1 is 1.17 bits per heavy atom. The Bertz CT molecular complexity index is 721. The Morgan fingerprint density at radius 2 is 2.00 bits per heavy atom. The summed E-state index contributed by atoms with van der Waals surface area (Å²) in [6, 6.07) is 12.5. The van der Waals surface area contributed by atoms with E-state index < -0.39 is 5.97 Å². The molecule has 0 saturated carbocycles. The first-order chi connectivity index (χ1) is 11.6. The van der Waals surface area contributed by atoms with Gasteiger partial charge in [-0.15, -0.1) is 0 Å². The predicted octanol–water partition coefficient (Wildman–Crippen LogP) is 3.34. The van der Waals surface area contributed by atoms with Crippen molar-refractivity contribution >= 4 is 12.0 Å². The summed E-state index contributed by atoms with van der Waals surface area (Å²) >= 11 is 0. The maximum absolute atomic E-state index is 11.7. The molecule has 5 heteroatoms. The number of methoxy groups -OCH3 is 1. The molecule has 0 amide bonds. The van der Waals surface area contributed by atoms with Gasteiger partial charge in [-0.3, -0.25) is 0 Å². The zero-order chi connectivity index (χ0) is 17.4. The SMILES string of the molecule is COc1cc(/C=C/C(=O)OCCOc2cccc(C)c2)ccc1O. The average molecular weight is 328 g/mol. The molecule has 1 N–H and O–H groups in total. The van der Waals surface area contributed by atoms with E-state index in [1.165, 1.54) is 19.3 Å². The molecular weight excluding hydrogens is 308 g/mol. The quantitative estimate of drug-likeness (QED) is 0.480. The number of aryl methyl sites for hydroxylation is 1. The average Bonchev–Trinajstić information content (AvgIpc) is 2.58. The second kappa shape index (κ2) is 8.62. The highest BCUT2D eigenvalue weighted by molar-refractivity contribution is 5.87. The Balaban J connectivity index is 1.76. The van der Waals surface area contributed by atoms with Gasteiger partial charge in [0.1, 0.15) is 19.0 Å². The van der Waals surface area contributed by atoms with Crippen molar-refractivity contribution in [2.75, 3.05) is 20.3 Å². The van der Waals surface area contributed by atoms with Crippen LogP contribution in [-0.4, -0.2) is 31.4 Å². The first kappa shape index (κ1) is 17.4. The van der Waals surface area contributed by atoms with Gasteiger partial charge in [-0.25, -0.2) is 4.79 Å². The number of rotatable bonds is 7. The van der Waals surface area contributed by atoms with Gasteiger partial charge in [0.15, 0.2) is 11.5 Å². The fraction of sp³-hybridized carbons (Fsp3) is 0.211. The number of phenolic OH excluding ortho intramolecular Hbond substituents is 1. The minimum absolute atomic E-state index is 0.0468. The highest BCUT2D eigenvalue weighted by atomic mass is 16.6. The Labute approximate surface area is 141 Å². The number of benzene rings is 2. The summed E-state index contributed by atoms with van der Waals surface area (Å²) in [6.07, 6.45) is 2.91. The predicted molar refractivity (Wildman–Crippen MR) is 91.3 cm³/mol. The van der Waals surface area contributed by atoms with Crippen molar-refractivity contribution in [1.82, 2.24) is 0 Å². The van der Waals surface area contributed by atoms with Gasteiger partial charge in [-0.05, 0) is 48.4 Å². The van der Waals surface area contributed by atoms with Gasteiger partial charge in [0.05, 0.1) is 7.11 Å². The van der Waals surface area contributed by atoms with Gasteiger partial charge in [0, 0.05) is 6.08 Å². The molecule has 0 aromatic heterocycles. The number of aromatic hydroxyl groups is 1. The lowest BCUT2D eigenvalue weighted by atomic mass is 10.2. The number of esters is 1. The molecule has 0 unspecified atom stereocenters. The highest BCUT2D eigenvalue weighted by Crippen LogP contribution is 2.26. The maximum Gasteiger partial charge on any atom is 0.330 e. The van der Waals surface area contributed by atoms with Crippen molar-refractivity contribution in [2.24, 2.45) is 0 Å². The summed E-state index contributed by atoms with van der Waals surface area (Å²) in [4.78, 5) is 11.7. The van der Waals surface area contributed by atoms with E-state index in [2.05, 4.69) is 0 Å². The van der Waals surface area contributed by atoms with E-state index in [4.69, 9.17) is 14.2 Å². The minimum Gasteiger partial charge on any atom is -0.504 e. The molecule has 2 aromatic rings. The molecule has 126 valence electrons. The summed E-state index contributed by atoms with van der Waals surface area (Å²) in [7, 11) is 1.46. The molecule has 0 aliphatic rings. The lowest BCUT2D eigenvalue weighted by Crippen LogP contribution is -2.10. The third kappa shape index (κ3) is 5.35. The van der Waals surface area contributed by atoms with Crippen LogP contribution in [0.1, 0.15) is 11.1 Å². The van der Waals surface area contributed by atoms with E-state index in [1.54, 1.807) is 18.2 Å². The highest BCUT2D eigenvalue weighted by Gasteiger charge is 2.02. The zero-order valence-corrected chi connectivity index (χ0v) is 13.7. The van der Waals surface area contributed by atoms with E-state index in [0.29, 0.717) is 5.75 Å². The lowest BCUT2D eigenvalue weighted by Gasteiger charge is -2.07. The number of carbonyl (C=O) groups is 1. The van der Waals surface area contributed by atoms with Crippen molar-refractivity contribution in [1.29, 1.82) is 0 Å². The molecule has 0 aliphatic heterocycles. The van der Waals surface area contributed by atoms with Crippen molar-refractivity contribution in [3.8, 4) is 17.2 Å². The molecule has 0 aliphatic carbocycles. The molecule has 0 spiro atoms. The normalized spacial score (nSPS) is 10.6. The topological polar surface area (TPSA) is 65.0 Å². The third-order valence-corrected chi connectivity index (χ3v) is 3.20. The van der Waals surface area contributed by atoms with Crippen LogP contribution < -0.4 is 9.47 Å². The summed E-state index contributed by atoms with van der Waals surface area (Å²) in [5, 5.41) is 9.51. The smallest absolute Gasteiger partial charge is 0.330 e. The minimum atomic E-state index is -0.463. The number of carbonyl (C=O) groups excluding carboxylic acids is 1. The van der Waals surface area contributed by atoms with Crippen molar-refractivity contribution in [2.45, 2.75) is 6.92 Å². The number of ether oxygens (including phenoxy) is 3. The molecule has 2 aromatic carbocycles. The Morgan fingerprint density at radius 3 is 2.75 bits per heavy atom. The van der Waals surface area contributed by atoms with Crippen LogP contribution in [0.3, 0.4) is 0 Å². The Kier molecular flexibility index (Phi) is 6.25. The molecule has 5 nitrogen and oxygen atoms in total. The molecule has 0 atom stereocenters. The zero-order valence-electron chi connectivity index (χ0n) is 13.7. The van der Waals surface area contributed by atoms with E-state index >= 15 is 0 Å². The van der Waals surface area contributed by atoms with Crippen LogP contribution in [0.25, 0.3) is 6.08 Å². The largest absolute Gasteiger partial charge is 0.504 e. The molecule has 0 bridgehead atoms. The van der Waals surface area contributed by atoms with Crippen LogP contribution in [-0.2, 0) is 9.53 Å². The standard InChI is InChI=1S/C19H20O5/c1-14-4-3-5-16(12-14)23-10-11-24-19(21)9-7-15-6-8-17(20)18(13-15)22-2/h3-9,12-13,20H,10-11H2,1-2H3/b9-7+. The fourth-order valence-corrected chi connectivity index (χ4v) is 2.02. The molecule has 0 radical (unpaired) electrons. The number of hydrogen-bond acceptors (Lipinski definition) is 5. The van der Waals surface area contributed by atoms with Gasteiger partial charge in [0.25, 0.3) is 0 Å². The third-order valence-electron chi connectivity index (χ3n) is 3.20. The molecule has 0 fully saturated rings. The van der Waals surface area contributed by atoms with Gasteiger partial charge >= 0.3 is 5.97 Å². The second-order valence-electron chi connectivity index (χ2n) is 5.10. The Hall–Kier alpha value is -2.95. The summed E-state index contributed by atoms with van der Waals surface area (Å²) in [5.74, 6) is 0.676. The van der Waals surface area contributed by atoms with Crippen molar-refractivity contribution in [3.05, 3.63) is 59.7 Å². The lowest BCUT2D eigenvalue weighted by molar-refractivity contribution is -0.138. The molecular formula is C19H20O5.